The Bertz CT molecular complexity index is 733. The highest BCUT2D eigenvalue weighted by Crippen LogP contribution is 2.30. The van der Waals surface area contributed by atoms with Crippen LogP contribution in [0, 0.1) is 10.1 Å². The smallest absolute Gasteiger partial charge is 0.411 e. The average Bonchev–Trinajstić information content (AvgIpc) is 2.52. The fourth-order valence-electron chi connectivity index (χ4n) is 2.61. The van der Waals surface area contributed by atoms with Gasteiger partial charge in [0.1, 0.15) is 11.6 Å². The van der Waals surface area contributed by atoms with Gasteiger partial charge in [0.05, 0.1) is 9.40 Å². The van der Waals surface area contributed by atoms with Crippen molar-refractivity contribution in [3.63, 3.8) is 0 Å². The minimum absolute atomic E-state index is 0.0544. The van der Waals surface area contributed by atoms with E-state index in [9.17, 15) is 24.8 Å². The van der Waals surface area contributed by atoms with Crippen molar-refractivity contribution >= 4 is 39.4 Å². The zero-order chi connectivity index (χ0) is 19.6. The normalized spacial score (nSPS) is 17.8. The summed E-state index contributed by atoms with van der Waals surface area (Å²) in [6, 6.07) is 3.41. The van der Waals surface area contributed by atoms with Crippen molar-refractivity contribution in [1.29, 1.82) is 0 Å². The van der Waals surface area contributed by atoms with E-state index >= 15 is 0 Å². The summed E-state index contributed by atoms with van der Waals surface area (Å²) in [5.41, 5.74) is -0.158. The van der Waals surface area contributed by atoms with Gasteiger partial charge in [0, 0.05) is 31.4 Å². The number of halogens is 1. The van der Waals surface area contributed by atoms with Crippen LogP contribution in [0.25, 0.3) is 0 Å². The van der Waals surface area contributed by atoms with Gasteiger partial charge in [-0.1, -0.05) is 0 Å². The lowest BCUT2D eigenvalue weighted by atomic mass is 10.1. The Balaban J connectivity index is 2.19. The van der Waals surface area contributed by atoms with Crippen molar-refractivity contribution in [3.05, 3.63) is 32.8 Å². The standard InChI is InChI=1S/C16H20BrN3O6/c1-16(2,3)26-15(23)19-7-6-18(9-13(19)14(21)22)10-4-5-12(20(24)25)11(17)8-10/h4-5,8,13H,6-7,9H2,1-3H3,(H,21,22)/t13-/m0/s1. The first-order valence-electron chi connectivity index (χ1n) is 7.91. The number of carboxylic acid groups (broad SMARTS) is 1. The summed E-state index contributed by atoms with van der Waals surface area (Å²) in [4.78, 5) is 37.3. The zero-order valence-corrected chi connectivity index (χ0v) is 16.2. The molecule has 1 N–H and O–H groups in total. The number of ether oxygens (including phenoxy) is 1. The van der Waals surface area contributed by atoms with Gasteiger partial charge < -0.3 is 14.7 Å². The van der Waals surface area contributed by atoms with E-state index in [2.05, 4.69) is 15.9 Å². The third-order valence-corrected chi connectivity index (χ3v) is 4.42. The molecule has 0 aliphatic carbocycles. The van der Waals surface area contributed by atoms with E-state index in [0.29, 0.717) is 16.7 Å². The molecule has 1 amide bonds. The fourth-order valence-corrected chi connectivity index (χ4v) is 3.12. The zero-order valence-electron chi connectivity index (χ0n) is 14.6. The monoisotopic (exact) mass is 429 g/mol. The van der Waals surface area contributed by atoms with Crippen LogP contribution in [0.5, 0.6) is 0 Å². The molecule has 1 aromatic carbocycles. The van der Waals surface area contributed by atoms with Crippen molar-refractivity contribution in [2.45, 2.75) is 32.4 Å². The lowest BCUT2D eigenvalue weighted by Crippen LogP contribution is -2.59. The van der Waals surface area contributed by atoms with Crippen molar-refractivity contribution in [1.82, 2.24) is 4.90 Å². The molecule has 1 saturated heterocycles. The second-order valence-corrected chi connectivity index (χ2v) is 7.72. The molecular formula is C16H20BrN3O6. The molecule has 2 rings (SSSR count). The maximum atomic E-state index is 12.3. The van der Waals surface area contributed by atoms with Crippen molar-refractivity contribution in [2.24, 2.45) is 0 Å². The number of rotatable bonds is 3. The second-order valence-electron chi connectivity index (χ2n) is 6.87. The summed E-state index contributed by atoms with van der Waals surface area (Å²) >= 11 is 3.16. The number of carbonyl (C=O) groups is 2. The molecule has 142 valence electrons. The van der Waals surface area contributed by atoms with Crippen LogP contribution in [0.1, 0.15) is 20.8 Å². The van der Waals surface area contributed by atoms with Crippen LogP contribution in [-0.4, -0.2) is 58.3 Å². The highest BCUT2D eigenvalue weighted by atomic mass is 79.9. The van der Waals surface area contributed by atoms with E-state index in [1.165, 1.54) is 11.0 Å². The number of amides is 1. The van der Waals surface area contributed by atoms with Gasteiger partial charge in [0.2, 0.25) is 0 Å². The maximum absolute atomic E-state index is 12.3. The van der Waals surface area contributed by atoms with Crippen molar-refractivity contribution in [2.75, 3.05) is 24.5 Å². The number of carboxylic acids is 1. The van der Waals surface area contributed by atoms with Gasteiger partial charge >= 0.3 is 12.1 Å². The molecule has 0 bridgehead atoms. The predicted octanol–water partition coefficient (Wildman–Crippen LogP) is 2.87. The van der Waals surface area contributed by atoms with Crippen molar-refractivity contribution in [3.8, 4) is 0 Å². The molecule has 1 aliphatic rings. The third kappa shape index (κ3) is 4.63. The highest BCUT2D eigenvalue weighted by molar-refractivity contribution is 9.10. The van der Waals surface area contributed by atoms with Crippen molar-refractivity contribution < 1.29 is 24.4 Å². The summed E-state index contributed by atoms with van der Waals surface area (Å²) in [5, 5.41) is 20.4. The van der Waals surface area contributed by atoms with E-state index in [1.807, 2.05) is 0 Å². The predicted molar refractivity (Wildman–Crippen MR) is 97.4 cm³/mol. The van der Waals surface area contributed by atoms with Crippen LogP contribution in [0.2, 0.25) is 0 Å². The van der Waals surface area contributed by atoms with Gasteiger partial charge in [-0.05, 0) is 48.8 Å². The number of benzene rings is 1. The first-order valence-corrected chi connectivity index (χ1v) is 8.70. The SMILES string of the molecule is CC(C)(C)OC(=O)N1CCN(c2ccc([N+](=O)[O-])c(Br)c2)C[C@H]1C(=O)O. The van der Waals surface area contributed by atoms with Crippen LogP contribution in [0.15, 0.2) is 22.7 Å². The number of nitrogens with zero attached hydrogens (tertiary/aromatic N) is 3. The summed E-state index contributed by atoms with van der Waals surface area (Å²) < 4.78 is 5.59. The van der Waals surface area contributed by atoms with E-state index in [1.54, 1.807) is 37.8 Å². The number of hydrogen-bond acceptors (Lipinski definition) is 6. The Hall–Kier alpha value is -2.36. The first-order chi connectivity index (χ1) is 12.0. The largest absolute Gasteiger partial charge is 0.480 e. The maximum Gasteiger partial charge on any atom is 0.411 e. The molecule has 1 heterocycles. The molecular weight excluding hydrogens is 410 g/mol. The summed E-state index contributed by atoms with van der Waals surface area (Å²) in [6.45, 7) is 5.74. The molecule has 10 heteroatoms. The summed E-state index contributed by atoms with van der Waals surface area (Å²) in [7, 11) is 0. The number of hydrogen-bond donors (Lipinski definition) is 1. The first kappa shape index (κ1) is 20.0. The number of nitro groups is 1. The lowest BCUT2D eigenvalue weighted by molar-refractivity contribution is -0.385. The van der Waals surface area contributed by atoms with E-state index in [0.717, 1.165) is 0 Å². The molecule has 0 unspecified atom stereocenters. The van der Waals surface area contributed by atoms with E-state index < -0.39 is 28.6 Å². The van der Waals surface area contributed by atoms with Crippen LogP contribution in [-0.2, 0) is 9.53 Å². The van der Waals surface area contributed by atoms with Crippen LogP contribution in [0.4, 0.5) is 16.2 Å². The number of carbonyl (C=O) groups excluding carboxylic acids is 1. The molecule has 26 heavy (non-hydrogen) atoms. The minimum atomic E-state index is -1.14. The van der Waals surface area contributed by atoms with Crippen LogP contribution in [0.3, 0.4) is 0 Å². The molecule has 0 saturated carbocycles. The van der Waals surface area contributed by atoms with E-state index in [-0.39, 0.29) is 18.8 Å². The molecule has 0 radical (unpaired) electrons. The minimum Gasteiger partial charge on any atom is -0.480 e. The second kappa shape index (κ2) is 7.48. The molecule has 0 spiro atoms. The summed E-state index contributed by atoms with van der Waals surface area (Å²) in [5.74, 6) is -1.14. The fraction of sp³-hybridized carbons (Fsp3) is 0.500. The molecule has 1 fully saturated rings. The highest BCUT2D eigenvalue weighted by Gasteiger charge is 2.37. The number of aliphatic carboxylic acids is 1. The van der Waals surface area contributed by atoms with Crippen LogP contribution < -0.4 is 4.90 Å². The average molecular weight is 430 g/mol. The third-order valence-electron chi connectivity index (χ3n) is 3.79. The van der Waals surface area contributed by atoms with Gasteiger partial charge in [-0.25, -0.2) is 9.59 Å². The molecule has 0 aromatic heterocycles. The van der Waals surface area contributed by atoms with Gasteiger partial charge in [0.15, 0.2) is 0 Å². The van der Waals surface area contributed by atoms with Gasteiger partial charge in [-0.2, -0.15) is 0 Å². The Morgan fingerprint density at radius 3 is 2.50 bits per heavy atom. The molecule has 1 aliphatic heterocycles. The Kier molecular flexibility index (Phi) is 5.74. The van der Waals surface area contributed by atoms with Gasteiger partial charge in [-0.15, -0.1) is 0 Å². The van der Waals surface area contributed by atoms with Crippen LogP contribution >= 0.6 is 15.9 Å². The van der Waals surface area contributed by atoms with Gasteiger partial charge in [-0.3, -0.25) is 15.0 Å². The quantitative estimate of drug-likeness (QED) is 0.580. The summed E-state index contributed by atoms with van der Waals surface area (Å²) in [6.07, 6.45) is -0.672. The van der Waals surface area contributed by atoms with Gasteiger partial charge in [0.25, 0.3) is 5.69 Å². The number of anilines is 1. The van der Waals surface area contributed by atoms with E-state index in [4.69, 9.17) is 4.74 Å². The topological polar surface area (TPSA) is 113 Å². The lowest BCUT2D eigenvalue weighted by Gasteiger charge is -2.40. The molecule has 1 aromatic rings. The molecule has 9 nitrogen and oxygen atoms in total. The Labute approximate surface area is 158 Å². The Morgan fingerprint density at radius 1 is 1.35 bits per heavy atom. The number of piperazine rings is 1. The molecule has 1 atom stereocenters. The Morgan fingerprint density at radius 2 is 2.00 bits per heavy atom. The number of nitro benzene ring substituents is 1.